The molecule has 1 radical (unpaired) electrons. The molecule has 65 valence electrons. The van der Waals surface area contributed by atoms with Gasteiger partial charge in [-0.3, -0.25) is 4.79 Å². The van der Waals surface area contributed by atoms with Crippen LogP contribution in [0, 0.1) is 6.92 Å². The van der Waals surface area contributed by atoms with Crippen molar-refractivity contribution < 1.29 is 4.79 Å². The van der Waals surface area contributed by atoms with Gasteiger partial charge >= 0.3 is 0 Å². The molecule has 0 fully saturated rings. The molecular formula is C9H16ClO. The Kier molecular flexibility index (Phi) is 8.03. The molecule has 0 heterocycles. The molecule has 0 aromatic heterocycles. The van der Waals surface area contributed by atoms with E-state index < -0.39 is 0 Å². The highest BCUT2D eigenvalue weighted by Gasteiger charge is 1.98. The van der Waals surface area contributed by atoms with Crippen molar-refractivity contribution in [2.45, 2.75) is 38.5 Å². The van der Waals surface area contributed by atoms with Crippen LogP contribution in [0.3, 0.4) is 0 Å². The first kappa shape index (κ1) is 11.0. The number of Topliss-reactive ketones (excluding diaryl/α,β-unsaturated/α-hetero) is 1. The summed E-state index contributed by atoms with van der Waals surface area (Å²) in [4.78, 5) is 10.9. The zero-order chi connectivity index (χ0) is 8.53. The fourth-order valence-electron chi connectivity index (χ4n) is 0.916. The fourth-order valence-corrected chi connectivity index (χ4v) is 1.10. The number of carbonyl (C=O) groups excluding carboxylic acids is 1. The molecule has 0 saturated heterocycles. The van der Waals surface area contributed by atoms with E-state index in [2.05, 4.69) is 6.92 Å². The van der Waals surface area contributed by atoms with Crippen LogP contribution in [0.2, 0.25) is 0 Å². The fraction of sp³-hybridized carbons (Fsp3) is 0.778. The van der Waals surface area contributed by atoms with Crippen molar-refractivity contribution in [1.82, 2.24) is 0 Å². The Labute approximate surface area is 74.1 Å². The molecule has 0 N–H and O–H groups in total. The Morgan fingerprint density at radius 2 is 1.91 bits per heavy atom. The van der Waals surface area contributed by atoms with Crippen molar-refractivity contribution in [2.24, 2.45) is 0 Å². The summed E-state index contributed by atoms with van der Waals surface area (Å²) in [5.74, 6) is 1.05. The second kappa shape index (κ2) is 8.06. The van der Waals surface area contributed by atoms with Crippen molar-refractivity contribution in [3.05, 3.63) is 6.92 Å². The maximum atomic E-state index is 10.9. The predicted molar refractivity (Wildman–Crippen MR) is 48.8 cm³/mol. The van der Waals surface area contributed by atoms with Gasteiger partial charge in [-0.1, -0.05) is 13.3 Å². The molecule has 0 rings (SSSR count). The van der Waals surface area contributed by atoms with Crippen LogP contribution < -0.4 is 0 Å². The summed E-state index contributed by atoms with van der Waals surface area (Å²) >= 11 is 5.48. The van der Waals surface area contributed by atoms with Crippen LogP contribution in [0.15, 0.2) is 0 Å². The van der Waals surface area contributed by atoms with Gasteiger partial charge in [0, 0.05) is 18.7 Å². The molecule has 0 atom stereocenters. The van der Waals surface area contributed by atoms with Crippen LogP contribution in [0.5, 0.6) is 0 Å². The number of alkyl halides is 1. The van der Waals surface area contributed by atoms with E-state index in [4.69, 9.17) is 11.6 Å². The SMILES string of the molecule is [CH2]CCC(=O)CCCCCCl. The van der Waals surface area contributed by atoms with Gasteiger partial charge in [0.15, 0.2) is 0 Å². The molecule has 0 aliphatic heterocycles. The molecule has 11 heavy (non-hydrogen) atoms. The number of hydrogen-bond acceptors (Lipinski definition) is 1. The van der Waals surface area contributed by atoms with Crippen molar-refractivity contribution in [2.75, 3.05) is 5.88 Å². The van der Waals surface area contributed by atoms with E-state index in [1.54, 1.807) is 0 Å². The standard InChI is InChI=1S/C9H16ClO/c1-2-6-9(11)7-4-3-5-8-10/h1-8H2. The van der Waals surface area contributed by atoms with E-state index in [-0.39, 0.29) is 0 Å². The minimum absolute atomic E-state index is 0.342. The van der Waals surface area contributed by atoms with Crippen molar-refractivity contribution >= 4 is 17.4 Å². The van der Waals surface area contributed by atoms with Crippen LogP contribution in [0.4, 0.5) is 0 Å². The smallest absolute Gasteiger partial charge is 0.132 e. The van der Waals surface area contributed by atoms with Gasteiger partial charge in [0.1, 0.15) is 5.78 Å². The Morgan fingerprint density at radius 1 is 1.18 bits per heavy atom. The number of unbranched alkanes of at least 4 members (excludes halogenated alkanes) is 2. The largest absolute Gasteiger partial charge is 0.300 e. The summed E-state index contributed by atoms with van der Waals surface area (Å²) in [5.41, 5.74) is 0. The lowest BCUT2D eigenvalue weighted by molar-refractivity contribution is -0.119. The highest BCUT2D eigenvalue weighted by Crippen LogP contribution is 2.04. The monoisotopic (exact) mass is 175 g/mol. The summed E-state index contributed by atoms with van der Waals surface area (Å²) in [6, 6.07) is 0. The zero-order valence-corrected chi connectivity index (χ0v) is 7.70. The molecule has 1 nitrogen and oxygen atoms in total. The average Bonchev–Trinajstić information content (AvgIpc) is 1.99. The van der Waals surface area contributed by atoms with Crippen LogP contribution >= 0.6 is 11.6 Å². The van der Waals surface area contributed by atoms with Crippen LogP contribution in [-0.2, 0) is 4.79 Å². The Morgan fingerprint density at radius 3 is 2.45 bits per heavy atom. The molecule has 0 saturated carbocycles. The molecule has 0 aliphatic rings. The van der Waals surface area contributed by atoms with Gasteiger partial charge in [-0.15, -0.1) is 11.6 Å². The quantitative estimate of drug-likeness (QED) is 0.430. The number of ketones is 1. The summed E-state index contributed by atoms with van der Waals surface area (Å²) in [6.07, 6.45) is 5.18. The average molecular weight is 176 g/mol. The highest BCUT2D eigenvalue weighted by molar-refractivity contribution is 6.17. The lowest BCUT2D eigenvalue weighted by atomic mass is 10.1. The second-order valence-electron chi connectivity index (χ2n) is 2.64. The third-order valence-electron chi connectivity index (χ3n) is 1.54. The molecular weight excluding hydrogens is 160 g/mol. The van der Waals surface area contributed by atoms with Crippen LogP contribution in [0.1, 0.15) is 38.5 Å². The van der Waals surface area contributed by atoms with E-state index in [1.165, 1.54) is 0 Å². The molecule has 0 spiro atoms. The molecule has 2 heteroatoms. The van der Waals surface area contributed by atoms with Gasteiger partial charge < -0.3 is 0 Å². The summed E-state index contributed by atoms with van der Waals surface area (Å²) < 4.78 is 0. The number of carbonyl (C=O) groups is 1. The maximum absolute atomic E-state index is 10.9. The highest BCUT2D eigenvalue weighted by atomic mass is 35.5. The number of rotatable bonds is 7. The Bertz CT molecular complexity index is 102. The van der Waals surface area contributed by atoms with Crippen LogP contribution in [0.25, 0.3) is 0 Å². The van der Waals surface area contributed by atoms with E-state index in [0.717, 1.165) is 25.7 Å². The Balaban J connectivity index is 3.04. The normalized spacial score (nSPS) is 10.0. The molecule has 0 bridgehead atoms. The zero-order valence-electron chi connectivity index (χ0n) is 6.94. The van der Waals surface area contributed by atoms with Gasteiger partial charge in [0.2, 0.25) is 0 Å². The van der Waals surface area contributed by atoms with E-state index >= 15 is 0 Å². The van der Waals surface area contributed by atoms with Gasteiger partial charge in [-0.05, 0) is 19.3 Å². The molecule has 0 aliphatic carbocycles. The van der Waals surface area contributed by atoms with E-state index in [1.807, 2.05) is 0 Å². The number of halogens is 1. The number of hydrogen-bond donors (Lipinski definition) is 0. The lowest BCUT2D eigenvalue weighted by Gasteiger charge is -1.97. The van der Waals surface area contributed by atoms with Gasteiger partial charge in [-0.2, -0.15) is 0 Å². The first-order valence-electron chi connectivity index (χ1n) is 4.18. The van der Waals surface area contributed by atoms with E-state index in [0.29, 0.717) is 24.5 Å². The topological polar surface area (TPSA) is 17.1 Å². The summed E-state index contributed by atoms with van der Waals surface area (Å²) in [7, 11) is 0. The predicted octanol–water partition coefficient (Wildman–Crippen LogP) is 2.97. The van der Waals surface area contributed by atoms with Crippen LogP contribution in [-0.4, -0.2) is 11.7 Å². The third-order valence-corrected chi connectivity index (χ3v) is 1.81. The minimum Gasteiger partial charge on any atom is -0.300 e. The molecule has 0 aromatic rings. The van der Waals surface area contributed by atoms with Gasteiger partial charge in [0.25, 0.3) is 0 Å². The van der Waals surface area contributed by atoms with Gasteiger partial charge in [0.05, 0.1) is 0 Å². The van der Waals surface area contributed by atoms with Gasteiger partial charge in [-0.25, -0.2) is 0 Å². The first-order valence-corrected chi connectivity index (χ1v) is 4.71. The molecule has 0 amide bonds. The lowest BCUT2D eigenvalue weighted by Crippen LogP contribution is -1.96. The van der Waals surface area contributed by atoms with Crippen molar-refractivity contribution in [3.8, 4) is 0 Å². The Hall–Kier alpha value is -0.0400. The van der Waals surface area contributed by atoms with E-state index in [9.17, 15) is 4.79 Å². The molecule has 0 aromatic carbocycles. The minimum atomic E-state index is 0.342. The first-order chi connectivity index (χ1) is 5.31. The molecule has 0 unspecified atom stereocenters. The maximum Gasteiger partial charge on any atom is 0.132 e. The summed E-state index contributed by atoms with van der Waals surface area (Å²) in [5, 5.41) is 0. The second-order valence-corrected chi connectivity index (χ2v) is 3.02. The van der Waals surface area contributed by atoms with Crippen molar-refractivity contribution in [1.29, 1.82) is 0 Å². The van der Waals surface area contributed by atoms with Crippen molar-refractivity contribution in [3.63, 3.8) is 0 Å². The third kappa shape index (κ3) is 7.86. The summed E-state index contributed by atoms with van der Waals surface area (Å²) in [6.45, 7) is 3.63.